The summed E-state index contributed by atoms with van der Waals surface area (Å²) in [6.07, 6.45) is 4.79. The van der Waals surface area contributed by atoms with Crippen LogP contribution >= 0.6 is 54.5 Å². The molecule has 3 rings (SSSR count). The summed E-state index contributed by atoms with van der Waals surface area (Å²) in [4.78, 5) is 0. The Kier molecular flexibility index (Phi) is 4.97. The van der Waals surface area contributed by atoms with Crippen molar-refractivity contribution in [2.24, 2.45) is 0 Å². The Bertz CT molecular complexity index is 1010. The normalized spacial score (nSPS) is 12.4. The highest BCUT2D eigenvalue weighted by Crippen LogP contribution is 2.26. The van der Waals surface area contributed by atoms with Gasteiger partial charge in [0, 0.05) is 0 Å². The van der Waals surface area contributed by atoms with E-state index in [0.29, 0.717) is 7.57 Å². The van der Waals surface area contributed by atoms with Crippen LogP contribution in [0, 0.1) is 0 Å². The molecule has 24 heavy (non-hydrogen) atoms. The largest absolute Gasteiger partial charge is 0.409 e. The second kappa shape index (κ2) is 6.57. The Morgan fingerprint density at radius 2 is 1.00 bits per heavy atom. The predicted octanol–water partition coefficient (Wildman–Crippen LogP) is 2.38. The van der Waals surface area contributed by atoms with Gasteiger partial charge >= 0.3 is 20.0 Å². The molecule has 0 fully saturated rings. The van der Waals surface area contributed by atoms with Crippen LogP contribution in [0.1, 0.15) is 0 Å². The number of nitrogens with zero attached hydrogens (tertiary/aromatic N) is 2. The summed E-state index contributed by atoms with van der Waals surface area (Å²) in [5.41, 5.74) is 0. The number of rotatable bonds is 4. The first-order valence-corrected chi connectivity index (χ1v) is 12.3. The molecule has 3 aromatic rings. The zero-order chi connectivity index (χ0) is 17.5. The molecule has 0 spiro atoms. The van der Waals surface area contributed by atoms with E-state index in [1.54, 1.807) is 12.1 Å². The molecule has 12 heteroatoms. The molecule has 0 N–H and O–H groups in total. The van der Waals surface area contributed by atoms with Crippen LogP contribution in [0.5, 0.6) is 0 Å². The van der Waals surface area contributed by atoms with Crippen molar-refractivity contribution in [1.29, 1.82) is 0 Å². The van der Waals surface area contributed by atoms with Gasteiger partial charge in [0.2, 0.25) is 0 Å². The van der Waals surface area contributed by atoms with E-state index in [1.807, 2.05) is 0 Å². The van der Waals surface area contributed by atoms with Crippen LogP contribution in [0.15, 0.2) is 65.0 Å². The van der Waals surface area contributed by atoms with Crippen molar-refractivity contribution in [3.05, 3.63) is 56.6 Å². The summed E-state index contributed by atoms with van der Waals surface area (Å²) in [5.74, 6) is 0. The highest BCUT2D eigenvalue weighted by molar-refractivity contribution is 9.11. The van der Waals surface area contributed by atoms with Gasteiger partial charge in [-0.05, 0) is 56.1 Å². The minimum Gasteiger partial charge on any atom is -0.157 e. The van der Waals surface area contributed by atoms with Crippen molar-refractivity contribution in [2.45, 2.75) is 8.42 Å². The first-order valence-electron chi connectivity index (χ1n) is 6.16. The van der Waals surface area contributed by atoms with E-state index in [2.05, 4.69) is 31.9 Å². The molecule has 0 aliphatic carbocycles. The summed E-state index contributed by atoms with van der Waals surface area (Å²) in [7, 11) is -7.50. The van der Waals surface area contributed by atoms with Crippen molar-refractivity contribution >= 4 is 74.6 Å². The lowest BCUT2D eigenvalue weighted by molar-refractivity contribution is -0.574. The Labute approximate surface area is 163 Å². The van der Waals surface area contributed by atoms with Crippen molar-refractivity contribution in [1.82, 2.24) is 0 Å². The first kappa shape index (κ1) is 18.1. The zero-order valence-corrected chi connectivity index (χ0v) is 18.0. The smallest absolute Gasteiger partial charge is 0.157 e. The van der Waals surface area contributed by atoms with Crippen LogP contribution in [0.25, 0.3) is 0 Å². The minimum absolute atomic E-state index is 0.155. The minimum atomic E-state index is -3.75. The average Bonchev–Trinajstić information content (AvgIpc) is 3.16. The standard InChI is InChI=1S/C12H8Br2N2O4S4/c13-9-1-3-11(21-9)23(17,18)15-5-7-16(8-6-15)24(19,20)12-4-2-10(14)22-12/h1-8H/q+2. The maximum absolute atomic E-state index is 12.5. The van der Waals surface area contributed by atoms with E-state index in [9.17, 15) is 16.8 Å². The fraction of sp³-hybridized carbons (Fsp3) is 0. The molecule has 0 aliphatic rings. The Balaban J connectivity index is 2.00. The first-order chi connectivity index (χ1) is 11.2. The molecule has 3 heterocycles. The average molecular weight is 532 g/mol. The van der Waals surface area contributed by atoms with Gasteiger partial charge in [-0.25, -0.2) is 0 Å². The Morgan fingerprint density at radius 3 is 1.25 bits per heavy atom. The molecule has 0 saturated carbocycles. The SMILES string of the molecule is O=S(=O)(c1ccc(Br)s1)[n+]1cc[n+](S(=O)(=O)c2ccc(Br)s2)cc1. The summed E-state index contributed by atoms with van der Waals surface area (Å²) >= 11 is 8.60. The summed E-state index contributed by atoms with van der Waals surface area (Å²) < 4.78 is 53.5. The number of thiophene rings is 2. The van der Waals surface area contributed by atoms with Crippen molar-refractivity contribution in [3.8, 4) is 0 Å². The Hall–Kier alpha value is -0.660. The zero-order valence-electron chi connectivity index (χ0n) is 11.5. The second-order valence-electron chi connectivity index (χ2n) is 4.38. The lowest BCUT2D eigenvalue weighted by atomic mass is 10.7. The summed E-state index contributed by atoms with van der Waals surface area (Å²) in [6, 6.07) is 6.25. The third kappa shape index (κ3) is 3.35. The molecule has 0 amide bonds. The van der Waals surface area contributed by atoms with Gasteiger partial charge < -0.3 is 0 Å². The molecule has 0 bridgehead atoms. The van der Waals surface area contributed by atoms with E-state index < -0.39 is 20.0 Å². The number of aromatic nitrogens is 2. The number of halogens is 2. The molecular formula is C12H8Br2N2O4S4+2. The third-order valence-electron chi connectivity index (χ3n) is 2.88. The molecule has 0 unspecified atom stereocenters. The van der Waals surface area contributed by atoms with E-state index in [1.165, 1.54) is 36.9 Å². The van der Waals surface area contributed by atoms with Gasteiger partial charge in [0.15, 0.2) is 8.42 Å². The maximum Gasteiger partial charge on any atom is 0.409 e. The number of hydrogen-bond acceptors (Lipinski definition) is 6. The Morgan fingerprint density at radius 1 is 0.667 bits per heavy atom. The molecule has 126 valence electrons. The van der Waals surface area contributed by atoms with Crippen LogP contribution in [-0.4, -0.2) is 16.8 Å². The lowest BCUT2D eigenvalue weighted by Crippen LogP contribution is -2.49. The van der Waals surface area contributed by atoms with Crippen LogP contribution < -0.4 is 7.94 Å². The van der Waals surface area contributed by atoms with E-state index in [0.717, 1.165) is 30.6 Å². The molecule has 0 aliphatic heterocycles. The van der Waals surface area contributed by atoms with Crippen LogP contribution in [0.4, 0.5) is 0 Å². The van der Waals surface area contributed by atoms with Gasteiger partial charge in [0.1, 0.15) is 0 Å². The molecule has 0 radical (unpaired) electrons. The second-order valence-corrected chi connectivity index (χ2v) is 13.4. The fourth-order valence-electron chi connectivity index (χ4n) is 1.76. The summed E-state index contributed by atoms with van der Waals surface area (Å²) in [5, 5.41) is 0. The van der Waals surface area contributed by atoms with Gasteiger partial charge in [0.25, 0.3) is 24.8 Å². The van der Waals surface area contributed by atoms with Gasteiger partial charge in [-0.15, -0.1) is 22.7 Å². The monoisotopic (exact) mass is 530 g/mol. The van der Waals surface area contributed by atoms with Gasteiger partial charge in [-0.2, -0.15) is 16.8 Å². The molecule has 3 aromatic heterocycles. The lowest BCUT2D eigenvalue weighted by Gasteiger charge is -1.96. The van der Waals surface area contributed by atoms with Gasteiger partial charge in [-0.3, -0.25) is 0 Å². The van der Waals surface area contributed by atoms with Crippen molar-refractivity contribution < 1.29 is 24.8 Å². The summed E-state index contributed by atoms with van der Waals surface area (Å²) in [6.45, 7) is 0. The molecule has 0 atom stereocenters. The molecular weight excluding hydrogens is 524 g/mol. The van der Waals surface area contributed by atoms with Gasteiger partial charge in [-0.1, -0.05) is 7.94 Å². The van der Waals surface area contributed by atoms with Crippen LogP contribution in [-0.2, 0) is 20.0 Å². The van der Waals surface area contributed by atoms with E-state index in [4.69, 9.17) is 0 Å². The van der Waals surface area contributed by atoms with E-state index in [-0.39, 0.29) is 8.42 Å². The quantitative estimate of drug-likeness (QED) is 0.484. The predicted molar refractivity (Wildman–Crippen MR) is 96.0 cm³/mol. The van der Waals surface area contributed by atoms with Crippen molar-refractivity contribution in [2.75, 3.05) is 0 Å². The van der Waals surface area contributed by atoms with Crippen LogP contribution in [0.2, 0.25) is 0 Å². The fourth-order valence-corrected chi connectivity index (χ4v) is 8.30. The van der Waals surface area contributed by atoms with Crippen LogP contribution in [0.3, 0.4) is 0 Å². The highest BCUT2D eigenvalue weighted by Gasteiger charge is 2.32. The van der Waals surface area contributed by atoms with Crippen molar-refractivity contribution in [3.63, 3.8) is 0 Å². The van der Waals surface area contributed by atoms with Gasteiger partial charge in [0.05, 0.1) is 7.57 Å². The molecule has 6 nitrogen and oxygen atoms in total. The molecule has 0 saturated heterocycles. The molecule has 0 aromatic carbocycles. The third-order valence-corrected chi connectivity index (χ3v) is 10.4. The maximum atomic E-state index is 12.5. The highest BCUT2D eigenvalue weighted by atomic mass is 79.9. The number of hydrogen-bond donors (Lipinski definition) is 0. The van der Waals surface area contributed by atoms with E-state index >= 15 is 0 Å². The topological polar surface area (TPSA) is 76.0 Å².